The number of nitrogens with two attached hydrogens (primary N) is 2. The van der Waals surface area contributed by atoms with E-state index in [1.54, 1.807) is 0 Å². The summed E-state index contributed by atoms with van der Waals surface area (Å²) >= 11 is 0. The van der Waals surface area contributed by atoms with Gasteiger partial charge in [0.05, 0.1) is 19.3 Å². The summed E-state index contributed by atoms with van der Waals surface area (Å²) in [4.78, 5) is 12.9. The fraction of sp³-hybridized carbons (Fsp3) is 0.889. The van der Waals surface area contributed by atoms with E-state index in [9.17, 15) is 4.79 Å². The molecule has 1 aliphatic heterocycles. The van der Waals surface area contributed by atoms with E-state index >= 15 is 0 Å². The summed E-state index contributed by atoms with van der Waals surface area (Å²) in [6.07, 6.45) is 0. The minimum absolute atomic E-state index is 0.442. The SMILES string of the molecule is CC1COCCN(CC(N)C(N)=O)C1. The number of amides is 1. The normalized spacial score (nSPS) is 26.9. The minimum Gasteiger partial charge on any atom is -0.380 e. The molecule has 2 unspecified atom stereocenters. The maximum atomic E-state index is 10.8. The highest BCUT2D eigenvalue weighted by Gasteiger charge is 2.19. The summed E-state index contributed by atoms with van der Waals surface area (Å²) in [6.45, 7) is 5.88. The Bertz CT molecular complexity index is 198. The molecule has 82 valence electrons. The van der Waals surface area contributed by atoms with E-state index in [4.69, 9.17) is 16.2 Å². The highest BCUT2D eigenvalue weighted by Crippen LogP contribution is 2.05. The summed E-state index contributed by atoms with van der Waals surface area (Å²) in [5, 5.41) is 0. The number of hydrogen-bond donors (Lipinski definition) is 2. The van der Waals surface area contributed by atoms with E-state index in [-0.39, 0.29) is 0 Å². The van der Waals surface area contributed by atoms with Crippen LogP contribution in [0.2, 0.25) is 0 Å². The van der Waals surface area contributed by atoms with Crippen LogP contribution >= 0.6 is 0 Å². The molecule has 0 aromatic rings. The zero-order valence-corrected chi connectivity index (χ0v) is 8.61. The Morgan fingerprint density at radius 2 is 2.43 bits per heavy atom. The van der Waals surface area contributed by atoms with Crippen LogP contribution in [-0.2, 0) is 9.53 Å². The zero-order chi connectivity index (χ0) is 10.6. The Morgan fingerprint density at radius 1 is 1.71 bits per heavy atom. The second-order valence-electron chi connectivity index (χ2n) is 3.95. The predicted molar refractivity (Wildman–Crippen MR) is 53.6 cm³/mol. The molecule has 5 nitrogen and oxygen atoms in total. The van der Waals surface area contributed by atoms with E-state index < -0.39 is 11.9 Å². The van der Waals surface area contributed by atoms with Crippen molar-refractivity contribution in [2.75, 3.05) is 32.8 Å². The van der Waals surface area contributed by atoms with Crippen molar-refractivity contribution in [3.8, 4) is 0 Å². The fourth-order valence-corrected chi connectivity index (χ4v) is 1.60. The van der Waals surface area contributed by atoms with Gasteiger partial charge in [0.2, 0.25) is 5.91 Å². The van der Waals surface area contributed by atoms with Crippen molar-refractivity contribution < 1.29 is 9.53 Å². The molecule has 0 radical (unpaired) electrons. The molecular weight excluding hydrogens is 182 g/mol. The lowest BCUT2D eigenvalue weighted by Gasteiger charge is -2.23. The maximum Gasteiger partial charge on any atom is 0.235 e. The van der Waals surface area contributed by atoms with Crippen LogP contribution in [0.15, 0.2) is 0 Å². The largest absolute Gasteiger partial charge is 0.380 e. The number of carbonyl (C=O) groups is 1. The van der Waals surface area contributed by atoms with Gasteiger partial charge in [-0.1, -0.05) is 6.92 Å². The maximum absolute atomic E-state index is 10.8. The van der Waals surface area contributed by atoms with Crippen molar-refractivity contribution in [2.24, 2.45) is 17.4 Å². The molecule has 1 rings (SSSR count). The van der Waals surface area contributed by atoms with Crippen LogP contribution in [0.3, 0.4) is 0 Å². The molecule has 0 bridgehead atoms. The quantitative estimate of drug-likeness (QED) is 0.599. The lowest BCUT2D eigenvalue weighted by atomic mass is 10.2. The second kappa shape index (κ2) is 5.29. The van der Waals surface area contributed by atoms with Crippen molar-refractivity contribution in [3.63, 3.8) is 0 Å². The zero-order valence-electron chi connectivity index (χ0n) is 8.61. The topological polar surface area (TPSA) is 81.6 Å². The summed E-state index contributed by atoms with van der Waals surface area (Å²) in [5.74, 6) is 0.0420. The monoisotopic (exact) mass is 201 g/mol. The average Bonchev–Trinajstić information content (AvgIpc) is 2.29. The van der Waals surface area contributed by atoms with Crippen molar-refractivity contribution in [2.45, 2.75) is 13.0 Å². The number of hydrogen-bond acceptors (Lipinski definition) is 4. The third-order valence-corrected chi connectivity index (χ3v) is 2.34. The summed E-state index contributed by atoms with van der Waals surface area (Å²) < 4.78 is 5.38. The highest BCUT2D eigenvalue weighted by molar-refractivity contribution is 5.79. The first kappa shape index (κ1) is 11.4. The summed E-state index contributed by atoms with van der Waals surface area (Å²) in [5.41, 5.74) is 10.7. The number of ether oxygens (including phenoxy) is 1. The van der Waals surface area contributed by atoms with Gasteiger partial charge in [-0.05, 0) is 5.92 Å². The molecule has 0 spiro atoms. The molecule has 0 aromatic carbocycles. The molecule has 0 aliphatic carbocycles. The second-order valence-corrected chi connectivity index (χ2v) is 3.95. The van der Waals surface area contributed by atoms with Gasteiger partial charge in [0.15, 0.2) is 0 Å². The Hall–Kier alpha value is -0.650. The van der Waals surface area contributed by atoms with Crippen LogP contribution < -0.4 is 11.5 Å². The van der Waals surface area contributed by atoms with E-state index in [2.05, 4.69) is 11.8 Å². The summed E-state index contributed by atoms with van der Waals surface area (Å²) in [6, 6.07) is -0.569. The number of primary amides is 1. The third-order valence-electron chi connectivity index (χ3n) is 2.34. The van der Waals surface area contributed by atoms with Gasteiger partial charge in [-0.25, -0.2) is 0 Å². The van der Waals surface area contributed by atoms with Crippen LogP contribution in [0.25, 0.3) is 0 Å². The molecule has 1 fully saturated rings. The molecule has 1 saturated heterocycles. The minimum atomic E-state index is -0.569. The number of carbonyl (C=O) groups excluding carboxylic acids is 1. The van der Waals surface area contributed by atoms with E-state index in [1.165, 1.54) is 0 Å². The first-order valence-electron chi connectivity index (χ1n) is 4.94. The van der Waals surface area contributed by atoms with Crippen molar-refractivity contribution in [1.29, 1.82) is 0 Å². The smallest absolute Gasteiger partial charge is 0.235 e. The van der Waals surface area contributed by atoms with E-state index in [1.807, 2.05) is 0 Å². The van der Waals surface area contributed by atoms with E-state index in [0.29, 0.717) is 19.1 Å². The van der Waals surface area contributed by atoms with Gasteiger partial charge in [0.25, 0.3) is 0 Å². The van der Waals surface area contributed by atoms with Crippen LogP contribution in [0, 0.1) is 5.92 Å². The Morgan fingerprint density at radius 3 is 3.07 bits per heavy atom. The lowest BCUT2D eigenvalue weighted by Crippen LogP contribution is -2.47. The molecule has 5 heteroatoms. The Kier molecular flexibility index (Phi) is 4.31. The molecule has 4 N–H and O–H groups in total. The first-order valence-corrected chi connectivity index (χ1v) is 4.94. The third kappa shape index (κ3) is 3.61. The molecule has 1 heterocycles. The van der Waals surface area contributed by atoms with Gasteiger partial charge in [0.1, 0.15) is 0 Å². The molecule has 1 aliphatic rings. The number of rotatable bonds is 3. The van der Waals surface area contributed by atoms with Crippen molar-refractivity contribution >= 4 is 5.91 Å². The molecular formula is C9H19N3O2. The van der Waals surface area contributed by atoms with Gasteiger partial charge in [0, 0.05) is 19.6 Å². The molecule has 0 saturated carbocycles. The predicted octanol–water partition coefficient (Wildman–Crippen LogP) is -1.23. The average molecular weight is 201 g/mol. The molecule has 1 amide bonds. The van der Waals surface area contributed by atoms with Crippen LogP contribution in [-0.4, -0.2) is 49.7 Å². The first-order chi connectivity index (χ1) is 6.59. The Balaban J connectivity index is 2.38. The van der Waals surface area contributed by atoms with Gasteiger partial charge < -0.3 is 16.2 Å². The Labute approximate surface area is 84.4 Å². The van der Waals surface area contributed by atoms with Gasteiger partial charge >= 0.3 is 0 Å². The number of nitrogens with zero attached hydrogens (tertiary/aromatic N) is 1. The van der Waals surface area contributed by atoms with Crippen LogP contribution in [0.5, 0.6) is 0 Å². The van der Waals surface area contributed by atoms with E-state index in [0.717, 1.165) is 19.7 Å². The standard InChI is InChI=1S/C9H19N3O2/c1-7-4-12(2-3-14-6-7)5-8(10)9(11)13/h7-8H,2-6,10H2,1H3,(H2,11,13). The highest BCUT2D eigenvalue weighted by atomic mass is 16.5. The van der Waals surface area contributed by atoms with Gasteiger partial charge in [-0.15, -0.1) is 0 Å². The van der Waals surface area contributed by atoms with Crippen LogP contribution in [0.1, 0.15) is 6.92 Å². The lowest BCUT2D eigenvalue weighted by molar-refractivity contribution is -0.119. The van der Waals surface area contributed by atoms with Crippen LogP contribution in [0.4, 0.5) is 0 Å². The fourth-order valence-electron chi connectivity index (χ4n) is 1.60. The van der Waals surface area contributed by atoms with Crippen molar-refractivity contribution in [1.82, 2.24) is 4.90 Å². The molecule has 14 heavy (non-hydrogen) atoms. The molecule has 0 aromatic heterocycles. The van der Waals surface area contributed by atoms with Gasteiger partial charge in [-0.3, -0.25) is 9.69 Å². The van der Waals surface area contributed by atoms with Crippen molar-refractivity contribution in [3.05, 3.63) is 0 Å². The van der Waals surface area contributed by atoms with Gasteiger partial charge in [-0.2, -0.15) is 0 Å². The molecule has 2 atom stereocenters. The summed E-state index contributed by atoms with van der Waals surface area (Å²) in [7, 11) is 0.